The van der Waals surface area contributed by atoms with Crippen molar-refractivity contribution in [3.8, 4) is 5.75 Å². The minimum atomic E-state index is -0.134. The Hall–Kier alpha value is -2.29. The quantitative estimate of drug-likeness (QED) is 0.833. The van der Waals surface area contributed by atoms with E-state index in [2.05, 4.69) is 5.32 Å². The van der Waals surface area contributed by atoms with E-state index in [1.807, 2.05) is 49.4 Å². The zero-order valence-electron chi connectivity index (χ0n) is 14.9. The Morgan fingerprint density at radius 2 is 1.84 bits per heavy atom. The standard InChI is InChI=1S/C22H27NO2/c1-16-12-13-19(21(24)14-16)20(17-8-4-2-5-9-17)15-22(25)23-18-10-6-3-7-11-18/h2,4-5,8-9,12-14,18,20,24H,3,6-7,10-11,15H2,1H3,(H,23,25). The van der Waals surface area contributed by atoms with Crippen LogP contribution in [0.5, 0.6) is 5.75 Å². The molecule has 3 rings (SSSR count). The number of benzene rings is 2. The van der Waals surface area contributed by atoms with E-state index < -0.39 is 0 Å². The molecule has 1 unspecified atom stereocenters. The molecule has 132 valence electrons. The van der Waals surface area contributed by atoms with Gasteiger partial charge in [-0.1, -0.05) is 61.7 Å². The zero-order chi connectivity index (χ0) is 17.6. The van der Waals surface area contributed by atoms with Crippen LogP contribution in [-0.4, -0.2) is 17.1 Å². The third kappa shape index (κ3) is 4.62. The molecule has 1 atom stereocenters. The number of carbonyl (C=O) groups is 1. The molecule has 2 aromatic carbocycles. The van der Waals surface area contributed by atoms with Gasteiger partial charge in [-0.15, -0.1) is 0 Å². The summed E-state index contributed by atoms with van der Waals surface area (Å²) in [5.74, 6) is 0.199. The highest BCUT2D eigenvalue weighted by Gasteiger charge is 2.23. The maximum absolute atomic E-state index is 12.7. The number of hydrogen-bond donors (Lipinski definition) is 2. The van der Waals surface area contributed by atoms with Crippen LogP contribution in [0.2, 0.25) is 0 Å². The number of hydrogen-bond acceptors (Lipinski definition) is 2. The number of nitrogens with one attached hydrogen (secondary N) is 1. The fourth-order valence-corrected chi connectivity index (χ4v) is 3.76. The molecule has 0 aliphatic heterocycles. The molecule has 25 heavy (non-hydrogen) atoms. The summed E-state index contributed by atoms with van der Waals surface area (Å²) in [5, 5.41) is 13.6. The predicted octanol–water partition coefficient (Wildman–Crippen LogP) is 4.67. The number of phenolic OH excluding ortho intramolecular Hbond substituents is 1. The summed E-state index contributed by atoms with van der Waals surface area (Å²) in [6.07, 6.45) is 6.19. The maximum Gasteiger partial charge on any atom is 0.221 e. The largest absolute Gasteiger partial charge is 0.508 e. The topological polar surface area (TPSA) is 49.3 Å². The summed E-state index contributed by atoms with van der Waals surface area (Å²) in [6, 6.07) is 16.0. The first-order chi connectivity index (χ1) is 12.1. The molecule has 1 fully saturated rings. The summed E-state index contributed by atoms with van der Waals surface area (Å²) >= 11 is 0. The molecular formula is C22H27NO2. The van der Waals surface area contributed by atoms with E-state index in [-0.39, 0.29) is 17.6 Å². The van der Waals surface area contributed by atoms with Gasteiger partial charge in [-0.2, -0.15) is 0 Å². The Labute approximate surface area is 150 Å². The highest BCUT2D eigenvalue weighted by molar-refractivity contribution is 5.78. The minimum Gasteiger partial charge on any atom is -0.508 e. The van der Waals surface area contributed by atoms with E-state index in [4.69, 9.17) is 0 Å². The molecule has 1 saturated carbocycles. The van der Waals surface area contributed by atoms with Crippen LogP contribution in [0.1, 0.15) is 61.1 Å². The highest BCUT2D eigenvalue weighted by atomic mass is 16.3. The molecule has 1 aliphatic carbocycles. The van der Waals surface area contributed by atoms with Crippen molar-refractivity contribution in [2.75, 3.05) is 0 Å². The normalized spacial score (nSPS) is 16.4. The van der Waals surface area contributed by atoms with Crippen molar-refractivity contribution in [2.45, 2.75) is 57.4 Å². The molecule has 0 heterocycles. The van der Waals surface area contributed by atoms with Gasteiger partial charge < -0.3 is 10.4 Å². The van der Waals surface area contributed by atoms with Crippen molar-refractivity contribution < 1.29 is 9.90 Å². The molecule has 0 bridgehead atoms. The van der Waals surface area contributed by atoms with E-state index in [0.717, 1.165) is 29.5 Å². The average molecular weight is 337 g/mol. The lowest BCUT2D eigenvalue weighted by Gasteiger charge is -2.25. The van der Waals surface area contributed by atoms with Crippen LogP contribution in [0.4, 0.5) is 0 Å². The first kappa shape index (κ1) is 17.5. The van der Waals surface area contributed by atoms with Gasteiger partial charge in [0.25, 0.3) is 0 Å². The third-order valence-corrected chi connectivity index (χ3v) is 5.12. The number of aryl methyl sites for hydroxylation is 1. The minimum absolute atomic E-state index is 0.0701. The van der Waals surface area contributed by atoms with Gasteiger partial charge in [0.05, 0.1) is 0 Å². The van der Waals surface area contributed by atoms with Gasteiger partial charge in [-0.05, 0) is 37.0 Å². The first-order valence-electron chi connectivity index (χ1n) is 9.27. The fraction of sp³-hybridized carbons (Fsp3) is 0.409. The van der Waals surface area contributed by atoms with Gasteiger partial charge in [0, 0.05) is 23.9 Å². The van der Waals surface area contributed by atoms with Crippen molar-refractivity contribution in [1.82, 2.24) is 5.32 Å². The average Bonchev–Trinajstić information content (AvgIpc) is 2.62. The van der Waals surface area contributed by atoms with Gasteiger partial charge in [0.2, 0.25) is 5.91 Å². The smallest absolute Gasteiger partial charge is 0.221 e. The summed E-state index contributed by atoms with van der Waals surface area (Å²) in [7, 11) is 0. The molecule has 0 spiro atoms. The van der Waals surface area contributed by atoms with Gasteiger partial charge in [0.15, 0.2) is 0 Å². The van der Waals surface area contributed by atoms with Crippen LogP contribution in [0.15, 0.2) is 48.5 Å². The van der Waals surface area contributed by atoms with E-state index in [9.17, 15) is 9.90 Å². The molecule has 2 N–H and O–H groups in total. The second kappa shape index (κ2) is 8.19. The molecule has 0 aromatic heterocycles. The van der Waals surface area contributed by atoms with Gasteiger partial charge in [-0.25, -0.2) is 0 Å². The third-order valence-electron chi connectivity index (χ3n) is 5.12. The van der Waals surface area contributed by atoms with Crippen LogP contribution in [-0.2, 0) is 4.79 Å². The van der Waals surface area contributed by atoms with Crippen LogP contribution >= 0.6 is 0 Å². The number of rotatable bonds is 5. The molecule has 3 heteroatoms. The molecule has 3 nitrogen and oxygen atoms in total. The number of amides is 1. The second-order valence-electron chi connectivity index (χ2n) is 7.13. The number of phenols is 1. The Kier molecular flexibility index (Phi) is 5.75. The number of aromatic hydroxyl groups is 1. The van der Waals surface area contributed by atoms with Gasteiger partial charge in [0.1, 0.15) is 5.75 Å². The lowest BCUT2D eigenvalue weighted by Crippen LogP contribution is -2.36. The number of carbonyl (C=O) groups excluding carboxylic acids is 1. The van der Waals surface area contributed by atoms with E-state index in [1.165, 1.54) is 19.3 Å². The van der Waals surface area contributed by atoms with Crippen molar-refractivity contribution in [1.29, 1.82) is 0 Å². The van der Waals surface area contributed by atoms with E-state index in [0.29, 0.717) is 12.5 Å². The summed E-state index contributed by atoms with van der Waals surface area (Å²) in [4.78, 5) is 12.7. The lowest BCUT2D eigenvalue weighted by molar-refractivity contribution is -0.122. The Morgan fingerprint density at radius 1 is 1.12 bits per heavy atom. The second-order valence-corrected chi connectivity index (χ2v) is 7.13. The van der Waals surface area contributed by atoms with Crippen LogP contribution in [0.25, 0.3) is 0 Å². The Balaban J connectivity index is 1.80. The van der Waals surface area contributed by atoms with Gasteiger partial charge >= 0.3 is 0 Å². The van der Waals surface area contributed by atoms with E-state index >= 15 is 0 Å². The monoisotopic (exact) mass is 337 g/mol. The Morgan fingerprint density at radius 3 is 2.52 bits per heavy atom. The molecule has 2 aromatic rings. The highest BCUT2D eigenvalue weighted by Crippen LogP contribution is 2.34. The zero-order valence-corrected chi connectivity index (χ0v) is 14.9. The van der Waals surface area contributed by atoms with Crippen LogP contribution in [0.3, 0.4) is 0 Å². The lowest BCUT2D eigenvalue weighted by atomic mass is 9.87. The molecule has 1 amide bonds. The molecule has 0 radical (unpaired) electrons. The van der Waals surface area contributed by atoms with Crippen molar-refractivity contribution >= 4 is 5.91 Å². The first-order valence-corrected chi connectivity index (χ1v) is 9.27. The van der Waals surface area contributed by atoms with E-state index in [1.54, 1.807) is 6.07 Å². The summed E-state index contributed by atoms with van der Waals surface area (Å²) in [6.45, 7) is 1.96. The Bertz CT molecular complexity index is 705. The van der Waals surface area contributed by atoms with Crippen molar-refractivity contribution in [2.24, 2.45) is 0 Å². The summed E-state index contributed by atoms with van der Waals surface area (Å²) in [5.41, 5.74) is 2.88. The van der Waals surface area contributed by atoms with Crippen LogP contribution < -0.4 is 5.32 Å². The van der Waals surface area contributed by atoms with Gasteiger partial charge in [-0.3, -0.25) is 4.79 Å². The van der Waals surface area contributed by atoms with Crippen molar-refractivity contribution in [3.05, 3.63) is 65.2 Å². The predicted molar refractivity (Wildman–Crippen MR) is 101 cm³/mol. The summed E-state index contributed by atoms with van der Waals surface area (Å²) < 4.78 is 0. The maximum atomic E-state index is 12.7. The van der Waals surface area contributed by atoms with Crippen LogP contribution in [0, 0.1) is 6.92 Å². The fourth-order valence-electron chi connectivity index (χ4n) is 3.76. The molecule has 0 saturated heterocycles. The van der Waals surface area contributed by atoms with Crippen molar-refractivity contribution in [3.63, 3.8) is 0 Å². The molecule has 1 aliphatic rings. The SMILES string of the molecule is Cc1ccc(C(CC(=O)NC2CCCCC2)c2ccccc2)c(O)c1. The molecular weight excluding hydrogens is 310 g/mol.